The van der Waals surface area contributed by atoms with Crippen LogP contribution in [0.15, 0.2) is 12.3 Å². The predicted octanol–water partition coefficient (Wildman–Crippen LogP) is -0.252. The second-order valence-electron chi connectivity index (χ2n) is 1.72. The maximum atomic E-state index is 10.1. The van der Waals surface area contributed by atoms with Crippen LogP contribution in [0.3, 0.4) is 0 Å². The van der Waals surface area contributed by atoms with Gasteiger partial charge >= 0.3 is 0 Å². The van der Waals surface area contributed by atoms with Gasteiger partial charge in [0, 0.05) is 6.20 Å². The Balaban J connectivity index is 2.98. The number of hydrogen-bond donors (Lipinski definition) is 1. The van der Waals surface area contributed by atoms with E-state index in [0.29, 0.717) is 17.8 Å². The first-order valence-electron chi connectivity index (χ1n) is 2.84. The molecule has 0 aliphatic heterocycles. The normalized spacial score (nSPS) is 9.30. The summed E-state index contributed by atoms with van der Waals surface area (Å²) in [7, 11) is 0. The number of carbonyl (C=O) groups is 1. The second-order valence-corrected chi connectivity index (χ2v) is 1.72. The number of hydrogen-bond acceptors (Lipinski definition) is 4. The molecule has 1 rings (SSSR count). The van der Waals surface area contributed by atoms with Gasteiger partial charge in [0.1, 0.15) is 11.5 Å². The minimum Gasteiger partial charge on any atom is -0.324 e. The molecule has 4 heteroatoms. The van der Waals surface area contributed by atoms with E-state index < -0.39 is 0 Å². The highest BCUT2D eigenvalue weighted by molar-refractivity contribution is 5.71. The highest BCUT2D eigenvalue weighted by atomic mass is 16.1. The number of aromatic nitrogens is 2. The Morgan fingerprint density at radius 1 is 1.70 bits per heavy atom. The summed E-state index contributed by atoms with van der Waals surface area (Å²) in [5.74, 6) is 0.490. The molecule has 0 spiro atoms. The summed E-state index contributed by atoms with van der Waals surface area (Å²) in [5, 5.41) is 0. The molecule has 0 amide bonds. The summed E-state index contributed by atoms with van der Waals surface area (Å²) in [6.45, 7) is 0.266. The number of aldehydes is 1. The number of carbonyl (C=O) groups excluding carboxylic acids is 1. The molecule has 1 heterocycles. The fraction of sp³-hybridized carbons (Fsp3) is 0.167. The molecule has 0 aromatic carbocycles. The van der Waals surface area contributed by atoms with Crippen LogP contribution in [0.1, 0.15) is 16.3 Å². The summed E-state index contributed by atoms with van der Waals surface area (Å²) >= 11 is 0. The number of rotatable bonds is 2. The Labute approximate surface area is 58.1 Å². The summed E-state index contributed by atoms with van der Waals surface area (Å²) in [6.07, 6.45) is 2.18. The van der Waals surface area contributed by atoms with Crippen molar-refractivity contribution in [2.75, 3.05) is 0 Å². The first-order valence-corrected chi connectivity index (χ1v) is 2.84. The van der Waals surface area contributed by atoms with E-state index in [1.807, 2.05) is 0 Å². The molecule has 52 valence electrons. The standard InChI is InChI=1S/C6H7N3O/c7-3-6-8-2-1-5(4-10)9-6/h1-2,4H,3,7H2. The highest BCUT2D eigenvalue weighted by Gasteiger charge is 1.93. The smallest absolute Gasteiger partial charge is 0.168 e. The highest BCUT2D eigenvalue weighted by Crippen LogP contribution is 1.89. The molecule has 0 radical (unpaired) electrons. The molecule has 0 unspecified atom stereocenters. The van der Waals surface area contributed by atoms with E-state index in [2.05, 4.69) is 9.97 Å². The number of nitrogens with two attached hydrogens (primary N) is 1. The predicted molar refractivity (Wildman–Crippen MR) is 35.3 cm³/mol. The molecular formula is C6H7N3O. The van der Waals surface area contributed by atoms with E-state index in [9.17, 15) is 4.79 Å². The van der Waals surface area contributed by atoms with Crippen molar-refractivity contribution in [1.82, 2.24) is 9.97 Å². The fourth-order valence-electron chi connectivity index (χ4n) is 0.579. The lowest BCUT2D eigenvalue weighted by molar-refractivity contribution is 0.111. The van der Waals surface area contributed by atoms with Gasteiger partial charge in [-0.15, -0.1) is 0 Å². The van der Waals surface area contributed by atoms with Gasteiger partial charge in [0.05, 0.1) is 6.54 Å². The SMILES string of the molecule is NCc1nccc(C=O)n1. The van der Waals surface area contributed by atoms with E-state index in [1.165, 1.54) is 12.3 Å². The zero-order valence-corrected chi connectivity index (χ0v) is 5.32. The molecule has 0 saturated heterocycles. The molecule has 1 aromatic rings. The van der Waals surface area contributed by atoms with Gasteiger partial charge in [0.2, 0.25) is 0 Å². The summed E-state index contributed by atoms with van der Waals surface area (Å²) in [6, 6.07) is 1.53. The van der Waals surface area contributed by atoms with Gasteiger partial charge in [-0.3, -0.25) is 4.79 Å². The van der Waals surface area contributed by atoms with Crippen molar-refractivity contribution in [3.05, 3.63) is 23.8 Å². The third-order valence-electron chi connectivity index (χ3n) is 1.03. The molecule has 0 saturated carbocycles. The third-order valence-corrected chi connectivity index (χ3v) is 1.03. The van der Waals surface area contributed by atoms with Gasteiger partial charge in [0.25, 0.3) is 0 Å². The molecule has 0 aliphatic rings. The van der Waals surface area contributed by atoms with Gasteiger partial charge in [-0.1, -0.05) is 0 Å². The zero-order valence-electron chi connectivity index (χ0n) is 5.32. The second kappa shape index (κ2) is 3.03. The van der Waals surface area contributed by atoms with E-state index in [0.717, 1.165) is 0 Å². The average molecular weight is 137 g/mol. The van der Waals surface area contributed by atoms with Crippen LogP contribution >= 0.6 is 0 Å². The summed E-state index contributed by atoms with van der Waals surface area (Å²) in [4.78, 5) is 17.8. The lowest BCUT2D eigenvalue weighted by Gasteiger charge is -1.92. The van der Waals surface area contributed by atoms with Crippen LogP contribution in [0.2, 0.25) is 0 Å². The minimum atomic E-state index is 0.266. The van der Waals surface area contributed by atoms with Crippen molar-refractivity contribution in [3.63, 3.8) is 0 Å². The van der Waals surface area contributed by atoms with E-state index in [4.69, 9.17) is 5.73 Å². The molecule has 0 fully saturated rings. The molecule has 1 aromatic heterocycles. The van der Waals surface area contributed by atoms with Crippen molar-refractivity contribution in [2.24, 2.45) is 5.73 Å². The van der Waals surface area contributed by atoms with Gasteiger partial charge in [-0.05, 0) is 6.07 Å². The fourth-order valence-corrected chi connectivity index (χ4v) is 0.579. The third kappa shape index (κ3) is 1.35. The quantitative estimate of drug-likeness (QED) is 0.570. The summed E-state index contributed by atoms with van der Waals surface area (Å²) < 4.78 is 0. The van der Waals surface area contributed by atoms with Crippen LogP contribution in [0.25, 0.3) is 0 Å². The topological polar surface area (TPSA) is 68.9 Å². The van der Waals surface area contributed by atoms with Crippen molar-refractivity contribution >= 4 is 6.29 Å². The molecule has 4 nitrogen and oxygen atoms in total. The Hall–Kier alpha value is -1.29. The van der Waals surface area contributed by atoms with Crippen molar-refractivity contribution < 1.29 is 4.79 Å². The largest absolute Gasteiger partial charge is 0.324 e. The minimum absolute atomic E-state index is 0.266. The van der Waals surface area contributed by atoms with Crippen LogP contribution in [0.5, 0.6) is 0 Å². The van der Waals surface area contributed by atoms with Gasteiger partial charge in [-0.25, -0.2) is 9.97 Å². The van der Waals surface area contributed by atoms with Crippen LogP contribution < -0.4 is 5.73 Å². The maximum Gasteiger partial charge on any atom is 0.168 e. The van der Waals surface area contributed by atoms with Gasteiger partial charge in [-0.2, -0.15) is 0 Å². The number of nitrogens with zero attached hydrogens (tertiary/aromatic N) is 2. The first kappa shape index (κ1) is 6.82. The van der Waals surface area contributed by atoms with E-state index in [1.54, 1.807) is 0 Å². The van der Waals surface area contributed by atoms with E-state index in [-0.39, 0.29) is 6.54 Å². The Bertz CT molecular complexity index is 236. The molecule has 2 N–H and O–H groups in total. The van der Waals surface area contributed by atoms with Crippen molar-refractivity contribution in [3.8, 4) is 0 Å². The van der Waals surface area contributed by atoms with Gasteiger partial charge in [0.15, 0.2) is 6.29 Å². The molecule has 0 aliphatic carbocycles. The van der Waals surface area contributed by atoms with Crippen LogP contribution in [0, 0.1) is 0 Å². The Morgan fingerprint density at radius 3 is 3.10 bits per heavy atom. The lowest BCUT2D eigenvalue weighted by atomic mass is 10.4. The molecular weight excluding hydrogens is 130 g/mol. The maximum absolute atomic E-state index is 10.1. The van der Waals surface area contributed by atoms with E-state index >= 15 is 0 Å². The van der Waals surface area contributed by atoms with Gasteiger partial charge < -0.3 is 5.73 Å². The Kier molecular flexibility index (Phi) is 2.07. The van der Waals surface area contributed by atoms with Crippen molar-refractivity contribution in [1.29, 1.82) is 0 Å². The zero-order chi connectivity index (χ0) is 7.40. The molecule has 10 heavy (non-hydrogen) atoms. The lowest BCUT2D eigenvalue weighted by Crippen LogP contribution is -2.03. The molecule has 0 bridgehead atoms. The Morgan fingerprint density at radius 2 is 2.50 bits per heavy atom. The monoisotopic (exact) mass is 137 g/mol. The molecule has 0 atom stereocenters. The average Bonchev–Trinajstić information content (AvgIpc) is 2.05. The van der Waals surface area contributed by atoms with Crippen LogP contribution in [-0.2, 0) is 6.54 Å². The van der Waals surface area contributed by atoms with Crippen molar-refractivity contribution in [2.45, 2.75) is 6.54 Å². The first-order chi connectivity index (χ1) is 4.86. The van der Waals surface area contributed by atoms with Crippen LogP contribution in [-0.4, -0.2) is 16.3 Å². The summed E-state index contributed by atoms with van der Waals surface area (Å²) in [5.41, 5.74) is 5.60. The van der Waals surface area contributed by atoms with Crippen LogP contribution in [0.4, 0.5) is 0 Å².